The van der Waals surface area contributed by atoms with Crippen LogP contribution in [0.25, 0.3) is 76.8 Å². The van der Waals surface area contributed by atoms with Crippen molar-refractivity contribution in [1.29, 1.82) is 0 Å². The fourth-order valence-corrected chi connectivity index (χ4v) is 6.60. The Morgan fingerprint density at radius 2 is 0.595 bits per heavy atom. The predicted octanol–water partition coefficient (Wildman–Crippen LogP) is 11.8. The van der Waals surface area contributed by atoms with E-state index >= 15 is 0 Å². The summed E-state index contributed by atoms with van der Waals surface area (Å²) >= 11 is 0. The topological polar surface area (TPSA) is 0 Å². The lowest BCUT2D eigenvalue weighted by molar-refractivity contribution is 1.62. The van der Waals surface area contributed by atoms with E-state index in [0.717, 1.165) is 0 Å². The van der Waals surface area contributed by atoms with Gasteiger partial charge in [0.2, 0.25) is 0 Å². The third-order valence-corrected chi connectivity index (χ3v) is 8.47. The summed E-state index contributed by atoms with van der Waals surface area (Å²) in [7, 11) is 0. The highest BCUT2D eigenvalue weighted by Crippen LogP contribution is 2.45. The highest BCUT2D eigenvalue weighted by Gasteiger charge is 2.18. The van der Waals surface area contributed by atoms with Crippen LogP contribution in [0.3, 0.4) is 0 Å². The van der Waals surface area contributed by atoms with Crippen molar-refractivity contribution in [3.05, 3.63) is 170 Å². The molecule has 8 aromatic rings. The maximum Gasteiger partial charge on any atom is -0.00261 e. The molecule has 0 nitrogen and oxygen atoms in total. The van der Waals surface area contributed by atoms with Gasteiger partial charge in [0.15, 0.2) is 0 Å². The third-order valence-electron chi connectivity index (χ3n) is 8.47. The monoisotopic (exact) mass is 532 g/mol. The first-order valence-electron chi connectivity index (χ1n) is 14.5. The molecule has 0 spiro atoms. The zero-order valence-corrected chi connectivity index (χ0v) is 23.2. The SMILES string of the molecule is c1ccc(-c2ccc(-c3ccccc3)c3cc(-c4c5ccccc5c(-c5ccccc5)c5ccccc45)ccc23)cc1. The second kappa shape index (κ2) is 10.2. The molecule has 0 aliphatic rings. The molecule has 0 amide bonds. The van der Waals surface area contributed by atoms with E-state index in [-0.39, 0.29) is 0 Å². The van der Waals surface area contributed by atoms with E-state index in [1.54, 1.807) is 0 Å². The van der Waals surface area contributed by atoms with E-state index in [1.807, 2.05) is 0 Å². The second-order valence-corrected chi connectivity index (χ2v) is 10.9. The van der Waals surface area contributed by atoms with Gasteiger partial charge in [0.05, 0.1) is 0 Å². The Labute approximate surface area is 246 Å². The molecule has 0 heterocycles. The van der Waals surface area contributed by atoms with E-state index in [1.165, 1.54) is 76.8 Å². The molecule has 0 fully saturated rings. The highest BCUT2D eigenvalue weighted by molar-refractivity contribution is 6.22. The first-order chi connectivity index (χ1) is 20.9. The summed E-state index contributed by atoms with van der Waals surface area (Å²) in [4.78, 5) is 0. The quantitative estimate of drug-likeness (QED) is 0.198. The molecule has 0 aliphatic heterocycles. The van der Waals surface area contributed by atoms with E-state index in [9.17, 15) is 0 Å². The summed E-state index contributed by atoms with van der Waals surface area (Å²) in [5.41, 5.74) is 10.0. The van der Waals surface area contributed by atoms with Gasteiger partial charge in [-0.2, -0.15) is 0 Å². The minimum absolute atomic E-state index is 1.23. The molecule has 0 heteroatoms. The summed E-state index contributed by atoms with van der Waals surface area (Å²) in [6.45, 7) is 0. The van der Waals surface area contributed by atoms with Crippen LogP contribution in [0.5, 0.6) is 0 Å². The van der Waals surface area contributed by atoms with Gasteiger partial charge in [-0.15, -0.1) is 0 Å². The van der Waals surface area contributed by atoms with Crippen LogP contribution in [0.4, 0.5) is 0 Å². The molecule has 42 heavy (non-hydrogen) atoms. The van der Waals surface area contributed by atoms with Gasteiger partial charge in [-0.3, -0.25) is 0 Å². The highest BCUT2D eigenvalue weighted by atomic mass is 14.2. The normalized spacial score (nSPS) is 11.3. The largest absolute Gasteiger partial charge is 0.0622 e. The van der Waals surface area contributed by atoms with Gasteiger partial charge in [-0.25, -0.2) is 0 Å². The standard InChI is InChI=1S/C42H28/c1-4-14-29(15-5-1)33-26-27-34(30-16-6-2-7-17-30)40-28-32(24-25-35(33)40)42-38-22-12-10-20-36(38)41(31-18-8-3-9-19-31)37-21-11-13-23-39(37)42/h1-28H. The smallest absolute Gasteiger partial charge is 0.00261 e. The summed E-state index contributed by atoms with van der Waals surface area (Å²) in [6, 6.07) is 61.7. The molecule has 196 valence electrons. The fraction of sp³-hybridized carbons (Fsp3) is 0. The molecule has 8 aromatic carbocycles. The zero-order chi connectivity index (χ0) is 27.9. The van der Waals surface area contributed by atoms with Crippen LogP contribution in [-0.2, 0) is 0 Å². The maximum absolute atomic E-state index is 2.42. The molecule has 0 bridgehead atoms. The Bertz CT molecular complexity index is 2150. The molecule has 0 radical (unpaired) electrons. The van der Waals surface area contributed by atoms with Crippen molar-refractivity contribution in [2.75, 3.05) is 0 Å². The summed E-state index contributed by atoms with van der Waals surface area (Å²) in [6.07, 6.45) is 0. The number of hydrogen-bond acceptors (Lipinski definition) is 0. The average molecular weight is 533 g/mol. The molecule has 0 saturated carbocycles. The van der Waals surface area contributed by atoms with Gasteiger partial charge in [0.1, 0.15) is 0 Å². The van der Waals surface area contributed by atoms with Crippen LogP contribution in [0.2, 0.25) is 0 Å². The number of hydrogen-bond donors (Lipinski definition) is 0. The second-order valence-electron chi connectivity index (χ2n) is 10.9. The zero-order valence-electron chi connectivity index (χ0n) is 23.2. The molecule has 0 aliphatic carbocycles. The van der Waals surface area contributed by atoms with Crippen molar-refractivity contribution < 1.29 is 0 Å². The van der Waals surface area contributed by atoms with Gasteiger partial charge >= 0.3 is 0 Å². The third kappa shape index (κ3) is 4.00. The fourth-order valence-electron chi connectivity index (χ4n) is 6.60. The van der Waals surface area contributed by atoms with Gasteiger partial charge in [0.25, 0.3) is 0 Å². The average Bonchev–Trinajstić information content (AvgIpc) is 3.07. The number of benzene rings is 8. The van der Waals surface area contributed by atoms with E-state index in [2.05, 4.69) is 170 Å². The first kappa shape index (κ1) is 24.3. The summed E-state index contributed by atoms with van der Waals surface area (Å²) < 4.78 is 0. The Hall–Kier alpha value is -5.46. The van der Waals surface area contributed by atoms with E-state index in [0.29, 0.717) is 0 Å². The minimum Gasteiger partial charge on any atom is -0.0622 e. The Morgan fingerprint density at radius 1 is 0.214 bits per heavy atom. The van der Waals surface area contributed by atoms with Crippen LogP contribution in [-0.4, -0.2) is 0 Å². The molecule has 8 rings (SSSR count). The number of rotatable bonds is 4. The number of fused-ring (bicyclic) bond motifs is 3. The molecule has 0 unspecified atom stereocenters. The van der Waals surface area contributed by atoms with Crippen molar-refractivity contribution in [3.8, 4) is 44.5 Å². The van der Waals surface area contributed by atoms with Gasteiger partial charge in [-0.1, -0.05) is 164 Å². The van der Waals surface area contributed by atoms with Crippen LogP contribution in [0.1, 0.15) is 0 Å². The van der Waals surface area contributed by atoms with Crippen LogP contribution in [0.15, 0.2) is 170 Å². The molecule has 0 aromatic heterocycles. The van der Waals surface area contributed by atoms with Gasteiger partial charge in [0, 0.05) is 0 Å². The Balaban J connectivity index is 1.47. The van der Waals surface area contributed by atoms with Crippen molar-refractivity contribution in [2.45, 2.75) is 0 Å². The minimum atomic E-state index is 1.23. The van der Waals surface area contributed by atoms with E-state index in [4.69, 9.17) is 0 Å². The van der Waals surface area contributed by atoms with Crippen LogP contribution >= 0.6 is 0 Å². The summed E-state index contributed by atoms with van der Waals surface area (Å²) in [5.74, 6) is 0. The predicted molar refractivity (Wildman–Crippen MR) is 181 cm³/mol. The molecular formula is C42H28. The lowest BCUT2D eigenvalue weighted by Crippen LogP contribution is -1.92. The summed E-state index contributed by atoms with van der Waals surface area (Å²) in [5, 5.41) is 7.63. The van der Waals surface area contributed by atoms with Crippen LogP contribution < -0.4 is 0 Å². The maximum atomic E-state index is 2.42. The lowest BCUT2D eigenvalue weighted by atomic mass is 9.84. The molecule has 0 saturated heterocycles. The van der Waals surface area contributed by atoms with E-state index < -0.39 is 0 Å². The molecular weight excluding hydrogens is 504 g/mol. The van der Waals surface area contributed by atoms with Gasteiger partial charge in [-0.05, 0) is 82.9 Å². The molecule has 0 atom stereocenters. The molecule has 0 N–H and O–H groups in total. The van der Waals surface area contributed by atoms with Crippen LogP contribution in [0, 0.1) is 0 Å². The van der Waals surface area contributed by atoms with Crippen molar-refractivity contribution in [3.63, 3.8) is 0 Å². The van der Waals surface area contributed by atoms with Crippen molar-refractivity contribution in [1.82, 2.24) is 0 Å². The van der Waals surface area contributed by atoms with Crippen molar-refractivity contribution >= 4 is 32.3 Å². The van der Waals surface area contributed by atoms with Gasteiger partial charge < -0.3 is 0 Å². The Kier molecular flexibility index (Phi) is 5.90. The lowest BCUT2D eigenvalue weighted by Gasteiger charge is -2.19. The first-order valence-corrected chi connectivity index (χ1v) is 14.5. The Morgan fingerprint density at radius 3 is 1.07 bits per heavy atom. The van der Waals surface area contributed by atoms with Crippen molar-refractivity contribution in [2.24, 2.45) is 0 Å².